The molecule has 168 valence electrons. The number of nitrogens with one attached hydrogen (secondary N) is 1. The summed E-state index contributed by atoms with van der Waals surface area (Å²) in [4.78, 5) is 12.6. The fraction of sp³-hybridized carbons (Fsp3) is 0.214. The predicted octanol–water partition coefficient (Wildman–Crippen LogP) is 6.14. The zero-order chi connectivity index (χ0) is 23.8. The van der Waals surface area contributed by atoms with Crippen LogP contribution in [0, 0.1) is 32.1 Å². The molecule has 3 aromatic rings. The standard InChI is InChI=1S/C28H28N2O3/c1-5-32-27-16-22(9-10-26(27)33-18-23-12-20(3)11-21(4)13-23)15-24(17-29)28(31)30-25-8-6-7-19(2)14-25/h6-16H,5,18H2,1-4H3,(H,30,31)/b24-15+. The number of carbonyl (C=O) groups is 1. The number of ether oxygens (including phenoxy) is 2. The van der Waals surface area contributed by atoms with E-state index in [0.29, 0.717) is 36.0 Å². The van der Waals surface area contributed by atoms with Gasteiger partial charge in [0.1, 0.15) is 18.2 Å². The van der Waals surface area contributed by atoms with Gasteiger partial charge >= 0.3 is 0 Å². The van der Waals surface area contributed by atoms with Crippen LogP contribution >= 0.6 is 0 Å². The lowest BCUT2D eigenvalue weighted by Gasteiger charge is -2.13. The normalized spacial score (nSPS) is 10.9. The van der Waals surface area contributed by atoms with Crippen molar-refractivity contribution in [3.63, 3.8) is 0 Å². The highest BCUT2D eigenvalue weighted by atomic mass is 16.5. The van der Waals surface area contributed by atoms with Gasteiger partial charge in [-0.2, -0.15) is 5.26 Å². The van der Waals surface area contributed by atoms with Gasteiger partial charge in [0.2, 0.25) is 0 Å². The molecule has 0 atom stereocenters. The molecule has 33 heavy (non-hydrogen) atoms. The van der Waals surface area contributed by atoms with Crippen LogP contribution in [-0.2, 0) is 11.4 Å². The van der Waals surface area contributed by atoms with Crippen LogP contribution in [0.15, 0.2) is 66.2 Å². The Kier molecular flexibility index (Phi) is 7.88. The molecule has 0 fully saturated rings. The Hall–Kier alpha value is -4.04. The van der Waals surface area contributed by atoms with Gasteiger partial charge in [-0.3, -0.25) is 4.79 Å². The number of amides is 1. The average Bonchev–Trinajstić information content (AvgIpc) is 2.76. The molecule has 0 aromatic heterocycles. The summed E-state index contributed by atoms with van der Waals surface area (Å²) < 4.78 is 11.8. The fourth-order valence-corrected chi connectivity index (χ4v) is 3.55. The third-order valence-corrected chi connectivity index (χ3v) is 4.90. The smallest absolute Gasteiger partial charge is 0.266 e. The first-order chi connectivity index (χ1) is 15.9. The highest BCUT2D eigenvalue weighted by molar-refractivity contribution is 6.09. The van der Waals surface area contributed by atoms with Crippen LogP contribution < -0.4 is 14.8 Å². The van der Waals surface area contributed by atoms with E-state index in [1.54, 1.807) is 30.3 Å². The molecular formula is C28H28N2O3. The summed E-state index contributed by atoms with van der Waals surface area (Å²) in [5, 5.41) is 12.3. The van der Waals surface area contributed by atoms with Crippen LogP contribution in [0.2, 0.25) is 0 Å². The lowest BCUT2D eigenvalue weighted by molar-refractivity contribution is -0.112. The van der Waals surface area contributed by atoms with E-state index in [2.05, 4.69) is 37.4 Å². The third-order valence-electron chi connectivity index (χ3n) is 4.90. The average molecular weight is 441 g/mol. The van der Waals surface area contributed by atoms with Gasteiger partial charge < -0.3 is 14.8 Å². The molecule has 3 rings (SSSR count). The molecule has 5 heteroatoms. The number of nitrogens with zero attached hydrogens (tertiary/aromatic N) is 1. The minimum Gasteiger partial charge on any atom is -0.490 e. The fourth-order valence-electron chi connectivity index (χ4n) is 3.55. The molecule has 1 amide bonds. The van der Waals surface area contributed by atoms with Crippen LogP contribution in [0.25, 0.3) is 6.08 Å². The van der Waals surface area contributed by atoms with E-state index in [4.69, 9.17) is 9.47 Å². The Morgan fingerprint density at radius 1 is 0.939 bits per heavy atom. The largest absolute Gasteiger partial charge is 0.490 e. The monoisotopic (exact) mass is 440 g/mol. The number of rotatable bonds is 8. The zero-order valence-electron chi connectivity index (χ0n) is 19.4. The van der Waals surface area contributed by atoms with Crippen molar-refractivity contribution in [2.75, 3.05) is 11.9 Å². The van der Waals surface area contributed by atoms with Gasteiger partial charge in [-0.05, 0) is 74.7 Å². The first kappa shape index (κ1) is 23.6. The van der Waals surface area contributed by atoms with Gasteiger partial charge in [-0.15, -0.1) is 0 Å². The van der Waals surface area contributed by atoms with Gasteiger partial charge in [0, 0.05) is 5.69 Å². The SMILES string of the molecule is CCOc1cc(/C=C(\C#N)C(=O)Nc2cccc(C)c2)ccc1OCc1cc(C)cc(C)c1. The minimum atomic E-state index is -0.462. The first-order valence-electron chi connectivity index (χ1n) is 10.8. The maximum atomic E-state index is 12.6. The van der Waals surface area contributed by atoms with Crippen LogP contribution in [0.1, 0.15) is 34.7 Å². The quantitative estimate of drug-likeness (QED) is 0.338. The highest BCUT2D eigenvalue weighted by Crippen LogP contribution is 2.30. The van der Waals surface area contributed by atoms with E-state index >= 15 is 0 Å². The summed E-state index contributed by atoms with van der Waals surface area (Å²) >= 11 is 0. The minimum absolute atomic E-state index is 0.00265. The molecule has 0 unspecified atom stereocenters. The van der Waals surface area contributed by atoms with Crippen molar-refractivity contribution in [2.45, 2.75) is 34.3 Å². The van der Waals surface area contributed by atoms with Gasteiger partial charge in [-0.25, -0.2) is 0 Å². The summed E-state index contributed by atoms with van der Waals surface area (Å²) in [5.74, 6) is 0.707. The van der Waals surface area contributed by atoms with Crippen LogP contribution in [0.3, 0.4) is 0 Å². The van der Waals surface area contributed by atoms with E-state index < -0.39 is 5.91 Å². The second-order valence-corrected chi connectivity index (χ2v) is 7.92. The van der Waals surface area contributed by atoms with Crippen molar-refractivity contribution < 1.29 is 14.3 Å². The molecule has 0 saturated heterocycles. The Bertz CT molecular complexity index is 1200. The van der Waals surface area contributed by atoms with Crippen molar-refractivity contribution in [2.24, 2.45) is 0 Å². The van der Waals surface area contributed by atoms with E-state index in [1.807, 2.05) is 38.1 Å². The summed E-state index contributed by atoms with van der Waals surface area (Å²) in [7, 11) is 0. The van der Waals surface area contributed by atoms with Gasteiger partial charge in [0.15, 0.2) is 11.5 Å². The molecule has 0 spiro atoms. The number of aryl methyl sites for hydroxylation is 3. The summed E-state index contributed by atoms with van der Waals surface area (Å²) in [6.07, 6.45) is 1.54. The molecule has 0 heterocycles. The Labute approximate surface area is 195 Å². The molecule has 5 nitrogen and oxygen atoms in total. The molecule has 0 radical (unpaired) electrons. The zero-order valence-corrected chi connectivity index (χ0v) is 19.4. The van der Waals surface area contributed by atoms with E-state index in [9.17, 15) is 10.1 Å². The van der Waals surface area contributed by atoms with Gasteiger partial charge in [0.25, 0.3) is 5.91 Å². The van der Waals surface area contributed by atoms with Crippen molar-refractivity contribution in [3.05, 3.63) is 94.1 Å². The highest BCUT2D eigenvalue weighted by Gasteiger charge is 2.12. The second-order valence-electron chi connectivity index (χ2n) is 7.92. The number of hydrogen-bond acceptors (Lipinski definition) is 4. The predicted molar refractivity (Wildman–Crippen MR) is 131 cm³/mol. The van der Waals surface area contributed by atoms with Gasteiger partial charge in [-0.1, -0.05) is 47.5 Å². The molecule has 0 aliphatic carbocycles. The topological polar surface area (TPSA) is 71.3 Å². The maximum Gasteiger partial charge on any atom is 0.266 e. The summed E-state index contributed by atoms with van der Waals surface area (Å²) in [6.45, 7) is 8.84. The molecule has 1 N–H and O–H groups in total. The van der Waals surface area contributed by atoms with Crippen molar-refractivity contribution >= 4 is 17.7 Å². The van der Waals surface area contributed by atoms with Crippen molar-refractivity contribution in [1.29, 1.82) is 5.26 Å². The number of carbonyl (C=O) groups excluding carboxylic acids is 1. The molecule has 0 aliphatic rings. The van der Waals surface area contributed by atoms with E-state index in [0.717, 1.165) is 11.1 Å². The lowest BCUT2D eigenvalue weighted by Crippen LogP contribution is -2.13. The lowest BCUT2D eigenvalue weighted by atomic mass is 10.1. The molecule has 0 saturated carbocycles. The number of anilines is 1. The first-order valence-corrected chi connectivity index (χ1v) is 10.8. The molecule has 0 bridgehead atoms. The van der Waals surface area contributed by atoms with Crippen molar-refractivity contribution in [1.82, 2.24) is 0 Å². The second kappa shape index (κ2) is 11.0. The van der Waals surface area contributed by atoms with Crippen LogP contribution in [0.4, 0.5) is 5.69 Å². The summed E-state index contributed by atoms with van der Waals surface area (Å²) in [5.41, 5.74) is 5.80. The Balaban J connectivity index is 1.79. The summed E-state index contributed by atoms with van der Waals surface area (Å²) in [6, 6.07) is 21.1. The van der Waals surface area contributed by atoms with Gasteiger partial charge in [0.05, 0.1) is 6.61 Å². The number of nitriles is 1. The molecule has 0 aliphatic heterocycles. The number of benzene rings is 3. The van der Waals surface area contributed by atoms with Crippen molar-refractivity contribution in [3.8, 4) is 17.6 Å². The van der Waals surface area contributed by atoms with Crippen LogP contribution in [0.5, 0.6) is 11.5 Å². The molecule has 3 aromatic carbocycles. The Morgan fingerprint density at radius 3 is 2.36 bits per heavy atom. The number of hydrogen-bond donors (Lipinski definition) is 1. The maximum absolute atomic E-state index is 12.6. The third kappa shape index (κ3) is 6.72. The molecular weight excluding hydrogens is 412 g/mol. The van der Waals surface area contributed by atoms with E-state index in [1.165, 1.54) is 11.1 Å². The Morgan fingerprint density at radius 2 is 1.70 bits per heavy atom. The van der Waals surface area contributed by atoms with Crippen LogP contribution in [-0.4, -0.2) is 12.5 Å². The van der Waals surface area contributed by atoms with E-state index in [-0.39, 0.29) is 5.57 Å².